The van der Waals surface area contributed by atoms with E-state index in [4.69, 9.17) is 0 Å². The molecule has 0 heterocycles. The molecule has 13 heavy (non-hydrogen) atoms. The Hall–Kier alpha value is 0.411. The van der Waals surface area contributed by atoms with Crippen molar-refractivity contribution in [3.05, 3.63) is 22.8 Å². The van der Waals surface area contributed by atoms with Gasteiger partial charge in [0.1, 0.15) is 0 Å². The van der Waals surface area contributed by atoms with Crippen LogP contribution >= 0.6 is 0 Å². The summed E-state index contributed by atoms with van der Waals surface area (Å²) in [5.74, 6) is 0. The molecule has 0 aromatic carbocycles. The van der Waals surface area contributed by atoms with Crippen molar-refractivity contribution in [2.24, 2.45) is 0 Å². The maximum absolute atomic E-state index is 2.48. The largest absolute Gasteiger partial charge is 2.00 e. The Morgan fingerprint density at radius 1 is 1.15 bits per heavy atom. The smallest absolute Gasteiger partial charge is 0.0745 e. The van der Waals surface area contributed by atoms with Crippen LogP contribution in [0.15, 0.2) is 22.8 Å². The normalized spacial score (nSPS) is 27.8. The number of allylic oxidation sites excluding steroid dienone is 4. The molecule has 0 nitrogen and oxygen atoms in total. The fourth-order valence-corrected chi connectivity index (χ4v) is 3.63. The molecule has 0 saturated carbocycles. The topological polar surface area (TPSA) is 0 Å². The van der Waals surface area contributed by atoms with E-state index < -0.39 is 8.80 Å². The molecule has 2 heteroatoms. The van der Waals surface area contributed by atoms with Gasteiger partial charge in [-0.3, -0.25) is 0 Å². The molecule has 0 saturated heterocycles. The summed E-state index contributed by atoms with van der Waals surface area (Å²) in [6.45, 7) is 14.1. The number of hydrogen-bond acceptors (Lipinski definition) is 0. The van der Waals surface area contributed by atoms with Crippen molar-refractivity contribution in [2.75, 3.05) is 0 Å². The monoisotopic (exact) mass is 228 g/mol. The van der Waals surface area contributed by atoms with Gasteiger partial charge < -0.3 is 0 Å². The standard InChI is InChI=1S/C11H20Si.Ti/c1-8-7-11(4,12(5)6)10(3)9(8)2;/h7,12H,1-6H3;/q;+2. The van der Waals surface area contributed by atoms with Crippen LogP contribution in [-0.4, -0.2) is 8.80 Å². The minimum atomic E-state index is -0.607. The zero-order valence-corrected chi connectivity index (χ0v) is 12.4. The third-order valence-corrected chi connectivity index (χ3v) is 6.68. The minimum Gasteiger partial charge on any atom is -0.0745 e. The van der Waals surface area contributed by atoms with Crippen LogP contribution in [0.1, 0.15) is 27.7 Å². The van der Waals surface area contributed by atoms with E-state index in [1.165, 1.54) is 11.1 Å². The second kappa shape index (κ2) is 4.29. The van der Waals surface area contributed by atoms with Crippen molar-refractivity contribution < 1.29 is 21.7 Å². The van der Waals surface area contributed by atoms with Gasteiger partial charge in [0.15, 0.2) is 0 Å². The molecule has 0 fully saturated rings. The number of hydrogen-bond donors (Lipinski definition) is 0. The van der Waals surface area contributed by atoms with Gasteiger partial charge >= 0.3 is 21.7 Å². The van der Waals surface area contributed by atoms with E-state index in [1.54, 1.807) is 5.57 Å². The first kappa shape index (κ1) is 13.4. The molecular weight excluding hydrogens is 208 g/mol. The zero-order chi connectivity index (χ0) is 9.52. The second-order valence-corrected chi connectivity index (χ2v) is 8.02. The molecule has 1 atom stereocenters. The van der Waals surface area contributed by atoms with Crippen molar-refractivity contribution in [2.45, 2.75) is 45.8 Å². The van der Waals surface area contributed by atoms with Gasteiger partial charge in [-0.15, -0.1) is 0 Å². The minimum absolute atomic E-state index is 0. The quantitative estimate of drug-likeness (QED) is 0.602. The Labute approximate surface area is 99.0 Å². The van der Waals surface area contributed by atoms with Crippen molar-refractivity contribution in [3.63, 3.8) is 0 Å². The van der Waals surface area contributed by atoms with Gasteiger partial charge in [-0.05, 0) is 31.4 Å². The predicted octanol–water partition coefficient (Wildman–Crippen LogP) is 3.53. The molecule has 0 N–H and O–H groups in total. The van der Waals surface area contributed by atoms with Crippen molar-refractivity contribution in [3.8, 4) is 0 Å². The number of rotatable bonds is 1. The molecule has 1 aliphatic rings. The first-order valence-corrected chi connectivity index (χ1v) is 7.66. The molecular formula is C11H20SiTi+2. The molecule has 0 spiro atoms. The average Bonchev–Trinajstić information content (AvgIpc) is 2.17. The van der Waals surface area contributed by atoms with Crippen LogP contribution in [0, 0.1) is 0 Å². The molecule has 0 aromatic rings. The van der Waals surface area contributed by atoms with E-state index in [0.29, 0.717) is 5.04 Å². The molecule has 1 unspecified atom stereocenters. The third-order valence-electron chi connectivity index (χ3n) is 3.68. The molecule has 0 aromatic heterocycles. The van der Waals surface area contributed by atoms with E-state index in [-0.39, 0.29) is 21.7 Å². The van der Waals surface area contributed by atoms with Gasteiger partial charge in [0.2, 0.25) is 0 Å². The van der Waals surface area contributed by atoms with Crippen LogP contribution in [0.25, 0.3) is 0 Å². The molecule has 1 aliphatic carbocycles. The zero-order valence-electron chi connectivity index (χ0n) is 9.65. The van der Waals surface area contributed by atoms with E-state index in [9.17, 15) is 0 Å². The van der Waals surface area contributed by atoms with Gasteiger partial charge in [-0.25, -0.2) is 0 Å². The van der Waals surface area contributed by atoms with Gasteiger partial charge in [0, 0.05) is 8.80 Å². The summed E-state index contributed by atoms with van der Waals surface area (Å²) in [7, 11) is -0.607. The first-order chi connectivity index (χ1) is 5.39. The van der Waals surface area contributed by atoms with Crippen molar-refractivity contribution in [1.82, 2.24) is 0 Å². The summed E-state index contributed by atoms with van der Waals surface area (Å²) in [6, 6.07) is 0. The maximum atomic E-state index is 2.48. The SMILES string of the molecule is CC1=CC(C)([SiH](C)C)C(C)=C1C.[Ti+2]. The third kappa shape index (κ3) is 2.08. The molecule has 0 amide bonds. The Balaban J connectivity index is 0.00000144. The van der Waals surface area contributed by atoms with Crippen molar-refractivity contribution in [1.29, 1.82) is 0 Å². The van der Waals surface area contributed by atoms with Gasteiger partial charge in [-0.2, -0.15) is 0 Å². The van der Waals surface area contributed by atoms with Crippen LogP contribution in [-0.2, 0) is 21.7 Å². The predicted molar refractivity (Wildman–Crippen MR) is 59.4 cm³/mol. The average molecular weight is 228 g/mol. The van der Waals surface area contributed by atoms with Crippen LogP contribution in [0.5, 0.6) is 0 Å². The Bertz CT molecular complexity index is 263. The summed E-state index contributed by atoms with van der Waals surface area (Å²) in [6.07, 6.45) is 2.48. The molecule has 0 aliphatic heterocycles. The Morgan fingerprint density at radius 2 is 1.62 bits per heavy atom. The van der Waals surface area contributed by atoms with Crippen LogP contribution in [0.2, 0.25) is 18.1 Å². The van der Waals surface area contributed by atoms with Gasteiger partial charge in [-0.1, -0.05) is 37.2 Å². The fourth-order valence-electron chi connectivity index (χ4n) is 1.97. The second-order valence-electron chi connectivity index (χ2n) is 4.51. The summed E-state index contributed by atoms with van der Waals surface area (Å²) in [5, 5.41) is 0.453. The van der Waals surface area contributed by atoms with E-state index >= 15 is 0 Å². The summed E-state index contributed by atoms with van der Waals surface area (Å²) in [5.41, 5.74) is 4.64. The fraction of sp³-hybridized carbons (Fsp3) is 0.636. The Kier molecular flexibility index (Phi) is 4.42. The van der Waals surface area contributed by atoms with Crippen LogP contribution < -0.4 is 0 Å². The van der Waals surface area contributed by atoms with Gasteiger partial charge in [0.25, 0.3) is 0 Å². The van der Waals surface area contributed by atoms with E-state index in [2.05, 4.69) is 46.9 Å². The summed E-state index contributed by atoms with van der Waals surface area (Å²) >= 11 is 0. The van der Waals surface area contributed by atoms with Crippen LogP contribution in [0.3, 0.4) is 0 Å². The molecule has 1 rings (SSSR count). The van der Waals surface area contributed by atoms with E-state index in [1.807, 2.05) is 0 Å². The molecule has 0 bridgehead atoms. The maximum Gasteiger partial charge on any atom is 2.00 e. The van der Waals surface area contributed by atoms with Crippen molar-refractivity contribution >= 4 is 8.80 Å². The van der Waals surface area contributed by atoms with Crippen LogP contribution in [0.4, 0.5) is 0 Å². The summed E-state index contributed by atoms with van der Waals surface area (Å²) < 4.78 is 0. The van der Waals surface area contributed by atoms with Gasteiger partial charge in [0.05, 0.1) is 0 Å². The molecule has 0 radical (unpaired) electrons. The molecule has 70 valence electrons. The summed E-state index contributed by atoms with van der Waals surface area (Å²) in [4.78, 5) is 0. The first-order valence-electron chi connectivity index (χ1n) is 4.77. The Morgan fingerprint density at radius 3 is 1.77 bits per heavy atom. The van der Waals surface area contributed by atoms with E-state index in [0.717, 1.165) is 0 Å².